The fraction of sp³-hybridized carbons (Fsp3) is 0.455. The van der Waals surface area contributed by atoms with Gasteiger partial charge in [-0.15, -0.1) is 0 Å². The average molecular weight is 376 g/mol. The molecule has 0 aliphatic carbocycles. The first-order chi connectivity index (χ1) is 12.6. The normalized spacial score (nSPS) is 22.1. The molecule has 1 heterocycles. The molecule has 1 saturated heterocycles. The first-order valence-electron chi connectivity index (χ1n) is 9.28. The van der Waals surface area contributed by atoms with Crippen molar-refractivity contribution in [3.8, 4) is 0 Å². The van der Waals surface area contributed by atoms with E-state index in [4.69, 9.17) is 5.73 Å². The molecule has 2 aromatic rings. The molecule has 5 heteroatoms. The Balaban J connectivity index is 2.06. The van der Waals surface area contributed by atoms with Crippen LogP contribution in [0.3, 0.4) is 0 Å². The molecule has 2 nitrogen and oxygen atoms in total. The lowest BCUT2D eigenvalue weighted by Gasteiger charge is -2.43. The molecule has 0 radical (unpaired) electrons. The first-order valence-corrected chi connectivity index (χ1v) is 9.28. The first kappa shape index (κ1) is 19.9. The van der Waals surface area contributed by atoms with Crippen molar-refractivity contribution < 1.29 is 13.2 Å². The molecular weight excluding hydrogens is 349 g/mol. The number of likely N-dealkylation sites (tertiary alicyclic amines) is 1. The summed E-state index contributed by atoms with van der Waals surface area (Å²) in [7, 11) is 0. The van der Waals surface area contributed by atoms with Crippen LogP contribution in [-0.2, 0) is 12.8 Å². The maximum absolute atomic E-state index is 14.8. The standard InChI is InChI=1S/C22H27F3N2/c1-20(2,23)15-27-16-22(24,25)19(26)21(27,13-17-9-5-3-6-10-17)14-18-11-7-4-8-12-18/h3-12,19H,13-16,26H2,1-2H3. The highest BCUT2D eigenvalue weighted by atomic mass is 19.3. The molecule has 0 amide bonds. The molecule has 146 valence electrons. The predicted molar refractivity (Wildman–Crippen MR) is 103 cm³/mol. The number of nitrogens with zero attached hydrogens (tertiary/aromatic N) is 1. The zero-order chi connectivity index (χ0) is 19.7. The highest BCUT2D eigenvalue weighted by molar-refractivity contribution is 5.28. The Kier molecular flexibility index (Phi) is 5.37. The van der Waals surface area contributed by atoms with E-state index in [-0.39, 0.29) is 6.54 Å². The smallest absolute Gasteiger partial charge is 0.277 e. The van der Waals surface area contributed by atoms with E-state index in [0.717, 1.165) is 11.1 Å². The maximum atomic E-state index is 14.8. The highest BCUT2D eigenvalue weighted by Crippen LogP contribution is 2.43. The molecule has 1 atom stereocenters. The summed E-state index contributed by atoms with van der Waals surface area (Å²) >= 11 is 0. The van der Waals surface area contributed by atoms with Crippen LogP contribution in [0.4, 0.5) is 13.2 Å². The van der Waals surface area contributed by atoms with E-state index in [1.165, 1.54) is 13.8 Å². The molecule has 1 unspecified atom stereocenters. The van der Waals surface area contributed by atoms with Crippen LogP contribution in [0.5, 0.6) is 0 Å². The van der Waals surface area contributed by atoms with Gasteiger partial charge in [0.2, 0.25) is 0 Å². The van der Waals surface area contributed by atoms with Crippen molar-refractivity contribution in [1.29, 1.82) is 0 Å². The van der Waals surface area contributed by atoms with Crippen LogP contribution in [0.15, 0.2) is 60.7 Å². The monoisotopic (exact) mass is 376 g/mol. The van der Waals surface area contributed by atoms with E-state index in [2.05, 4.69) is 0 Å². The Bertz CT molecular complexity index is 698. The Morgan fingerprint density at radius 1 is 0.963 bits per heavy atom. The quantitative estimate of drug-likeness (QED) is 0.817. The van der Waals surface area contributed by atoms with Gasteiger partial charge >= 0.3 is 0 Å². The number of benzene rings is 2. The molecule has 0 spiro atoms. The molecule has 0 bridgehead atoms. The number of nitrogens with two attached hydrogens (primary N) is 1. The van der Waals surface area contributed by atoms with E-state index in [0.29, 0.717) is 12.8 Å². The Hall–Kier alpha value is -1.85. The SMILES string of the molecule is CC(C)(F)CN1CC(F)(F)C(N)C1(Cc1ccccc1)Cc1ccccc1. The molecule has 2 N–H and O–H groups in total. The largest absolute Gasteiger partial charge is 0.321 e. The minimum absolute atomic E-state index is 0.0873. The van der Waals surface area contributed by atoms with Gasteiger partial charge in [-0.05, 0) is 37.8 Å². The second-order valence-electron chi connectivity index (χ2n) is 8.24. The maximum Gasteiger partial charge on any atom is 0.277 e. The van der Waals surface area contributed by atoms with Crippen molar-refractivity contribution >= 4 is 0 Å². The van der Waals surface area contributed by atoms with Gasteiger partial charge in [-0.2, -0.15) is 0 Å². The van der Waals surface area contributed by atoms with E-state index < -0.39 is 29.7 Å². The number of alkyl halides is 3. The minimum Gasteiger partial charge on any atom is -0.321 e. The van der Waals surface area contributed by atoms with Crippen LogP contribution in [0.25, 0.3) is 0 Å². The summed E-state index contributed by atoms with van der Waals surface area (Å²) < 4.78 is 44.1. The summed E-state index contributed by atoms with van der Waals surface area (Å²) in [4.78, 5) is 1.58. The van der Waals surface area contributed by atoms with Gasteiger partial charge in [0.15, 0.2) is 0 Å². The van der Waals surface area contributed by atoms with Gasteiger partial charge < -0.3 is 5.73 Å². The zero-order valence-electron chi connectivity index (χ0n) is 15.8. The average Bonchev–Trinajstić information content (AvgIpc) is 2.76. The van der Waals surface area contributed by atoms with E-state index >= 15 is 0 Å². The molecule has 0 aromatic heterocycles. The van der Waals surface area contributed by atoms with Crippen molar-refractivity contribution in [3.05, 3.63) is 71.8 Å². The topological polar surface area (TPSA) is 29.3 Å². The molecule has 27 heavy (non-hydrogen) atoms. The summed E-state index contributed by atoms with van der Waals surface area (Å²) in [5, 5.41) is 0. The van der Waals surface area contributed by atoms with Gasteiger partial charge in [0.05, 0.1) is 18.1 Å². The fourth-order valence-corrected chi connectivity index (χ4v) is 4.17. The number of hydrogen-bond donors (Lipinski definition) is 1. The molecule has 0 saturated carbocycles. The third-order valence-electron chi connectivity index (χ3n) is 5.34. The Morgan fingerprint density at radius 2 is 1.41 bits per heavy atom. The van der Waals surface area contributed by atoms with Crippen molar-refractivity contribution in [2.24, 2.45) is 5.73 Å². The van der Waals surface area contributed by atoms with Gasteiger partial charge in [-0.1, -0.05) is 60.7 Å². The van der Waals surface area contributed by atoms with Crippen molar-refractivity contribution in [1.82, 2.24) is 4.90 Å². The van der Waals surface area contributed by atoms with Crippen LogP contribution in [0.2, 0.25) is 0 Å². The lowest BCUT2D eigenvalue weighted by molar-refractivity contribution is -0.00586. The van der Waals surface area contributed by atoms with Crippen molar-refractivity contribution in [2.45, 2.75) is 49.9 Å². The Labute approximate surface area is 159 Å². The second kappa shape index (κ2) is 7.28. The third-order valence-corrected chi connectivity index (χ3v) is 5.34. The van der Waals surface area contributed by atoms with Crippen LogP contribution < -0.4 is 5.73 Å². The number of hydrogen-bond acceptors (Lipinski definition) is 2. The summed E-state index contributed by atoms with van der Waals surface area (Å²) in [6.07, 6.45) is 0.686. The van der Waals surface area contributed by atoms with Crippen LogP contribution >= 0.6 is 0 Å². The zero-order valence-corrected chi connectivity index (χ0v) is 15.8. The van der Waals surface area contributed by atoms with Crippen molar-refractivity contribution in [3.63, 3.8) is 0 Å². The predicted octanol–water partition coefficient (Wildman–Crippen LogP) is 4.24. The summed E-state index contributed by atoms with van der Waals surface area (Å²) in [6.45, 7) is 2.23. The molecule has 2 aromatic carbocycles. The lowest BCUT2D eigenvalue weighted by atomic mass is 9.78. The Morgan fingerprint density at radius 3 is 1.81 bits per heavy atom. The molecule has 1 fully saturated rings. The van der Waals surface area contributed by atoms with Gasteiger partial charge in [0.25, 0.3) is 5.92 Å². The summed E-state index contributed by atoms with van der Waals surface area (Å²) in [6, 6.07) is 17.6. The third kappa shape index (κ3) is 4.36. The van der Waals surface area contributed by atoms with Crippen molar-refractivity contribution in [2.75, 3.05) is 13.1 Å². The van der Waals surface area contributed by atoms with Gasteiger partial charge in [0, 0.05) is 6.54 Å². The minimum atomic E-state index is -3.07. The fourth-order valence-electron chi connectivity index (χ4n) is 4.17. The highest BCUT2D eigenvalue weighted by Gasteiger charge is 2.61. The summed E-state index contributed by atoms with van der Waals surface area (Å²) in [5.41, 5.74) is 5.36. The van der Waals surface area contributed by atoms with Gasteiger partial charge in [-0.25, -0.2) is 13.2 Å². The van der Waals surface area contributed by atoms with Gasteiger partial charge in [0.1, 0.15) is 5.67 Å². The summed E-state index contributed by atoms with van der Waals surface area (Å²) in [5.74, 6) is -3.07. The van der Waals surface area contributed by atoms with E-state index in [9.17, 15) is 13.2 Å². The van der Waals surface area contributed by atoms with Crippen LogP contribution in [0, 0.1) is 0 Å². The van der Waals surface area contributed by atoms with Crippen LogP contribution in [-0.4, -0.2) is 41.2 Å². The number of rotatable bonds is 6. The molecule has 1 aliphatic heterocycles. The lowest BCUT2D eigenvalue weighted by Crippen LogP contribution is -2.60. The van der Waals surface area contributed by atoms with E-state index in [1.807, 2.05) is 60.7 Å². The molecular formula is C22H27F3N2. The van der Waals surface area contributed by atoms with Crippen LogP contribution in [0.1, 0.15) is 25.0 Å². The number of halogens is 3. The second-order valence-corrected chi connectivity index (χ2v) is 8.24. The van der Waals surface area contributed by atoms with E-state index in [1.54, 1.807) is 4.90 Å². The van der Waals surface area contributed by atoms with Gasteiger partial charge in [-0.3, -0.25) is 4.90 Å². The molecule has 3 rings (SSSR count). The molecule has 1 aliphatic rings.